The minimum Gasteiger partial charge on any atom is -0.481 e. The molecule has 4 saturated carbocycles. The first-order chi connectivity index (χ1) is 27.4. The van der Waals surface area contributed by atoms with Crippen LogP contribution in [0, 0.1) is 64.1 Å². The van der Waals surface area contributed by atoms with Crippen molar-refractivity contribution in [2.75, 3.05) is 44.3 Å². The molecule has 0 aromatic carbocycles. The van der Waals surface area contributed by atoms with Gasteiger partial charge in [0.1, 0.15) is 0 Å². The molecule has 8 rings (SSSR count). The van der Waals surface area contributed by atoms with Gasteiger partial charge in [0.05, 0.1) is 23.5 Å². The minimum atomic E-state index is -2.87. The van der Waals surface area contributed by atoms with Gasteiger partial charge in [0.25, 0.3) is 0 Å². The molecule has 8 nitrogen and oxygen atoms in total. The topological polar surface area (TPSA) is 109 Å². The lowest BCUT2D eigenvalue weighted by atomic mass is 9.37. The average Bonchev–Trinajstić information content (AvgIpc) is 3.56. The second kappa shape index (κ2) is 15.4. The monoisotopic (exact) mass is 816 g/mol. The van der Waals surface area contributed by atoms with Crippen LogP contribution in [0.1, 0.15) is 124 Å². The zero-order chi connectivity index (χ0) is 41.3. The molecule has 5 fully saturated rings. The molecule has 0 bridgehead atoms. The number of aryl methyl sites for hydroxylation is 1. The zero-order valence-corrected chi connectivity index (χ0v) is 37.4. The maximum absolute atomic E-state index is 12.8. The van der Waals surface area contributed by atoms with E-state index in [4.69, 9.17) is 4.74 Å². The summed E-state index contributed by atoms with van der Waals surface area (Å²) in [6.45, 7) is 22.8. The number of ether oxygens (including phenoxy) is 1. The molecule has 10 atom stereocenters. The fourth-order valence-corrected chi connectivity index (χ4v) is 16.4. The van der Waals surface area contributed by atoms with E-state index in [2.05, 4.69) is 68.6 Å². The Bertz CT molecular complexity index is 1930. The first kappa shape index (κ1) is 42.2. The molecule has 1 aromatic rings. The Hall–Kier alpha value is -2.49. The van der Waals surface area contributed by atoms with Gasteiger partial charge in [-0.15, -0.1) is 0 Å². The van der Waals surface area contributed by atoms with Crippen LogP contribution in [0.2, 0.25) is 0 Å². The molecule has 58 heavy (non-hydrogen) atoms. The summed E-state index contributed by atoms with van der Waals surface area (Å²) in [6, 6.07) is 3.86. The molecule has 2 unspecified atom stereocenters. The van der Waals surface area contributed by atoms with Crippen molar-refractivity contribution in [3.63, 3.8) is 0 Å². The van der Waals surface area contributed by atoms with Crippen molar-refractivity contribution in [1.82, 2.24) is 15.2 Å². The SMILES string of the molecule is C=C(C)[C@@H]1CC[C@]2(NCCN3CCS(=O)(=O)CC3)CC[C@@]3(C)C4CC[C@H]5C(C)(C)C(C6=CCC(CCOc7ncccc7C)(C(=O)O)CC6)=CC[C@]5(C)[C@H]4CC[C@@H]3[C@@H]12. The standard InChI is InChI=1S/C49H73N3O5S/c1-33(2)36-16-21-49(51-26-27-52-28-31-58(55,56)32-29-52)23-22-46(6)38-12-13-41-45(4,5)37(17-18-47(41,7)39(38)10-11-40(46)42(36)49)35-14-19-48(20-15-35,44(53)54)24-30-57-43-34(3)9-8-25-50-43/h8-9,14,17,25,36,38-42,51H,1,10-13,15-16,18-24,26-32H2,2-7H3,(H,53,54)/t36-,38?,39-,40+,41-,42+,46-,47+,48?,49-/m0/s1. The molecule has 2 N–H and O–H groups in total. The molecular formula is C49H73N3O5S. The molecule has 1 aromatic heterocycles. The van der Waals surface area contributed by atoms with Gasteiger partial charge in [-0.05, 0) is 166 Å². The van der Waals surface area contributed by atoms with Gasteiger partial charge in [-0.1, -0.05) is 58.1 Å². The number of nitrogens with zero attached hydrogens (tertiary/aromatic N) is 2. The molecule has 1 aliphatic heterocycles. The van der Waals surface area contributed by atoms with Crippen LogP contribution in [0.5, 0.6) is 5.88 Å². The lowest BCUT2D eigenvalue weighted by Crippen LogP contribution is -2.65. The largest absolute Gasteiger partial charge is 0.481 e. The van der Waals surface area contributed by atoms with E-state index in [-0.39, 0.29) is 16.4 Å². The number of pyridine rings is 1. The molecule has 6 aliphatic carbocycles. The van der Waals surface area contributed by atoms with Crippen molar-refractivity contribution in [3.8, 4) is 5.88 Å². The van der Waals surface area contributed by atoms with Gasteiger partial charge < -0.3 is 20.1 Å². The van der Waals surface area contributed by atoms with Crippen LogP contribution in [0.25, 0.3) is 0 Å². The van der Waals surface area contributed by atoms with Gasteiger partial charge >= 0.3 is 5.97 Å². The van der Waals surface area contributed by atoms with E-state index in [1.165, 1.54) is 68.1 Å². The third-order valence-electron chi connectivity index (χ3n) is 18.4. The van der Waals surface area contributed by atoms with Crippen LogP contribution in [0.3, 0.4) is 0 Å². The summed E-state index contributed by atoms with van der Waals surface area (Å²) in [4.78, 5) is 19.5. The summed E-state index contributed by atoms with van der Waals surface area (Å²) < 4.78 is 30.1. The van der Waals surface area contributed by atoms with Crippen molar-refractivity contribution in [3.05, 3.63) is 59.3 Å². The van der Waals surface area contributed by atoms with Crippen LogP contribution in [0.4, 0.5) is 0 Å². The lowest BCUT2D eigenvalue weighted by molar-refractivity contribution is -0.170. The van der Waals surface area contributed by atoms with E-state index in [1.54, 1.807) is 6.20 Å². The van der Waals surface area contributed by atoms with Gasteiger partial charge in [-0.2, -0.15) is 0 Å². The Morgan fingerprint density at radius 3 is 2.38 bits per heavy atom. The summed E-state index contributed by atoms with van der Waals surface area (Å²) in [5.74, 6) is 4.42. The number of sulfone groups is 1. The van der Waals surface area contributed by atoms with Crippen LogP contribution < -0.4 is 10.1 Å². The van der Waals surface area contributed by atoms with Crippen molar-refractivity contribution in [2.45, 2.75) is 131 Å². The number of hydrogen-bond donors (Lipinski definition) is 2. The highest BCUT2D eigenvalue weighted by Crippen LogP contribution is 2.72. The number of carboxylic acid groups (broad SMARTS) is 1. The number of fused-ring (bicyclic) bond motifs is 7. The summed E-state index contributed by atoms with van der Waals surface area (Å²) in [6.07, 6.45) is 20.4. The number of allylic oxidation sites excluding steroid dienone is 5. The number of aliphatic carboxylic acids is 1. The van der Waals surface area contributed by atoms with E-state index >= 15 is 0 Å². The maximum Gasteiger partial charge on any atom is 0.310 e. The highest BCUT2D eigenvalue weighted by Gasteiger charge is 2.66. The van der Waals surface area contributed by atoms with Gasteiger partial charge in [0, 0.05) is 43.5 Å². The molecular weight excluding hydrogens is 743 g/mol. The Morgan fingerprint density at radius 1 is 0.966 bits per heavy atom. The quantitative estimate of drug-likeness (QED) is 0.213. The van der Waals surface area contributed by atoms with Crippen LogP contribution in [-0.2, 0) is 14.6 Å². The summed E-state index contributed by atoms with van der Waals surface area (Å²) in [5, 5.41) is 14.7. The van der Waals surface area contributed by atoms with Gasteiger partial charge in [0.2, 0.25) is 5.88 Å². The molecule has 0 amide bonds. The van der Waals surface area contributed by atoms with E-state index < -0.39 is 21.2 Å². The Labute approximate surface area is 350 Å². The number of nitrogens with one attached hydrogen (secondary N) is 1. The first-order valence-corrected chi connectivity index (χ1v) is 24.8. The number of carboxylic acids is 1. The van der Waals surface area contributed by atoms with E-state index in [1.807, 2.05) is 19.1 Å². The van der Waals surface area contributed by atoms with Gasteiger partial charge in [-0.25, -0.2) is 13.4 Å². The third-order valence-corrected chi connectivity index (χ3v) is 20.0. The number of hydrogen-bond acceptors (Lipinski definition) is 7. The summed E-state index contributed by atoms with van der Waals surface area (Å²) in [7, 11) is -2.87. The van der Waals surface area contributed by atoms with E-state index in [9.17, 15) is 18.3 Å². The lowest BCUT2D eigenvalue weighted by Gasteiger charge is -2.68. The normalized spacial score (nSPS) is 40.5. The van der Waals surface area contributed by atoms with E-state index in [0.717, 1.165) is 37.4 Å². The number of aromatic nitrogens is 1. The van der Waals surface area contributed by atoms with Gasteiger partial charge in [-0.3, -0.25) is 4.79 Å². The second-order valence-electron chi connectivity index (χ2n) is 21.4. The highest BCUT2D eigenvalue weighted by atomic mass is 32.2. The Kier molecular flexibility index (Phi) is 11.2. The Morgan fingerprint density at radius 2 is 1.69 bits per heavy atom. The van der Waals surface area contributed by atoms with Gasteiger partial charge in [0.15, 0.2) is 9.84 Å². The molecule has 0 radical (unpaired) electrons. The van der Waals surface area contributed by atoms with Crippen LogP contribution >= 0.6 is 0 Å². The molecule has 0 spiro atoms. The zero-order valence-electron chi connectivity index (χ0n) is 36.6. The maximum atomic E-state index is 12.8. The van der Waals surface area contributed by atoms with Crippen molar-refractivity contribution in [1.29, 1.82) is 0 Å². The summed E-state index contributed by atoms with van der Waals surface area (Å²) in [5.41, 5.74) is 5.17. The average molecular weight is 816 g/mol. The van der Waals surface area contributed by atoms with Crippen molar-refractivity contribution < 1.29 is 23.1 Å². The van der Waals surface area contributed by atoms with E-state index in [0.29, 0.717) is 91.3 Å². The fraction of sp³-hybridized carbons (Fsp3) is 0.755. The molecule has 7 aliphatic rings. The number of rotatable bonds is 11. The fourth-order valence-electron chi connectivity index (χ4n) is 15.1. The summed E-state index contributed by atoms with van der Waals surface area (Å²) >= 11 is 0. The predicted octanol–water partition coefficient (Wildman–Crippen LogP) is 9.22. The van der Waals surface area contributed by atoms with Crippen LogP contribution in [-0.4, -0.2) is 79.2 Å². The molecule has 2 heterocycles. The molecule has 320 valence electrons. The molecule has 1 saturated heterocycles. The second-order valence-corrected chi connectivity index (χ2v) is 23.7. The number of carbonyl (C=O) groups is 1. The highest BCUT2D eigenvalue weighted by molar-refractivity contribution is 7.91. The smallest absolute Gasteiger partial charge is 0.310 e. The Balaban J connectivity index is 0.972. The van der Waals surface area contributed by atoms with Crippen LogP contribution in [0.15, 0.2) is 53.8 Å². The first-order valence-electron chi connectivity index (χ1n) is 23.0. The minimum absolute atomic E-state index is 0.0328. The van der Waals surface area contributed by atoms with Crippen molar-refractivity contribution >= 4 is 15.8 Å². The van der Waals surface area contributed by atoms with Crippen molar-refractivity contribution in [2.24, 2.45) is 57.2 Å². The molecule has 9 heteroatoms. The predicted molar refractivity (Wildman–Crippen MR) is 232 cm³/mol. The third kappa shape index (κ3) is 7.16.